The Bertz CT molecular complexity index is 1470. The Morgan fingerprint density at radius 2 is 1.67 bits per heavy atom. The summed E-state index contributed by atoms with van der Waals surface area (Å²) in [6, 6.07) is 22.8. The lowest BCUT2D eigenvalue weighted by atomic mass is 10.1. The van der Waals surface area contributed by atoms with E-state index in [0.717, 1.165) is 53.5 Å². The Morgan fingerprint density at radius 3 is 2.47 bits per heavy atom. The molecule has 1 fully saturated rings. The number of hydrogen-bond acceptors (Lipinski definition) is 5. The van der Waals surface area contributed by atoms with Crippen LogP contribution in [0.3, 0.4) is 0 Å². The first-order chi connectivity index (χ1) is 17.7. The first-order valence-corrected chi connectivity index (χ1v) is 12.3. The minimum atomic E-state index is -0.272. The lowest BCUT2D eigenvalue weighted by Gasteiger charge is -2.14. The quantitative estimate of drug-likeness (QED) is 0.320. The molecule has 0 amide bonds. The highest BCUT2D eigenvalue weighted by Gasteiger charge is 2.19. The molecule has 6 nitrogen and oxygen atoms in total. The molecule has 6 rings (SSSR count). The Labute approximate surface area is 209 Å². The molecule has 1 aliphatic rings. The van der Waals surface area contributed by atoms with Gasteiger partial charge in [-0.3, -0.25) is 9.30 Å². The number of rotatable bonds is 7. The molecule has 0 bridgehead atoms. The normalized spacial score (nSPS) is 13.9. The van der Waals surface area contributed by atoms with Crippen LogP contribution in [-0.2, 0) is 13.1 Å². The minimum absolute atomic E-state index is 0.272. The molecule has 0 unspecified atom stereocenters. The van der Waals surface area contributed by atoms with Gasteiger partial charge in [-0.2, -0.15) is 0 Å². The molecule has 180 valence electrons. The van der Waals surface area contributed by atoms with Crippen molar-refractivity contribution in [3.05, 3.63) is 102 Å². The fourth-order valence-corrected chi connectivity index (χ4v) is 4.79. The number of fused-ring (bicyclic) bond motifs is 1. The van der Waals surface area contributed by atoms with Crippen LogP contribution in [-0.4, -0.2) is 37.3 Å². The Kier molecular flexibility index (Phi) is 6.13. The Hall–Kier alpha value is -4.10. The van der Waals surface area contributed by atoms with Crippen LogP contribution in [0.1, 0.15) is 24.0 Å². The van der Waals surface area contributed by atoms with E-state index in [4.69, 9.17) is 9.97 Å². The summed E-state index contributed by atoms with van der Waals surface area (Å²) in [7, 11) is 0. The lowest BCUT2D eigenvalue weighted by molar-refractivity contribution is 0.331. The van der Waals surface area contributed by atoms with Gasteiger partial charge in [0.15, 0.2) is 0 Å². The van der Waals surface area contributed by atoms with Crippen LogP contribution in [0.4, 0.5) is 10.3 Å². The largest absolute Gasteiger partial charge is 0.350 e. The van der Waals surface area contributed by atoms with E-state index < -0.39 is 0 Å². The van der Waals surface area contributed by atoms with Gasteiger partial charge in [-0.15, -0.1) is 0 Å². The molecule has 1 aliphatic heterocycles. The Balaban J connectivity index is 1.39. The van der Waals surface area contributed by atoms with E-state index in [9.17, 15) is 4.39 Å². The van der Waals surface area contributed by atoms with Crippen molar-refractivity contribution in [3.8, 4) is 22.6 Å². The first-order valence-electron chi connectivity index (χ1n) is 12.3. The summed E-state index contributed by atoms with van der Waals surface area (Å²) in [6.07, 6.45) is 6.35. The standard InChI is InChI=1S/C29H27FN6/c30-24-10-8-23(9-11-24)27-28(25-12-14-31-29(33-25)32-19-21-6-2-1-3-7-21)36-17-13-22(18-26(36)34-27)20-35-15-4-5-16-35/h1-3,6-14,17-18H,4-5,15-16,19-20H2,(H,31,32,33). The molecule has 0 atom stereocenters. The van der Waals surface area contributed by atoms with Crippen LogP contribution < -0.4 is 5.32 Å². The van der Waals surface area contributed by atoms with Crippen LogP contribution in [0.5, 0.6) is 0 Å². The summed E-state index contributed by atoms with van der Waals surface area (Å²) in [5.74, 6) is 0.272. The maximum atomic E-state index is 13.7. The van der Waals surface area contributed by atoms with Gasteiger partial charge >= 0.3 is 0 Å². The second-order valence-electron chi connectivity index (χ2n) is 9.17. The van der Waals surface area contributed by atoms with E-state index in [0.29, 0.717) is 12.5 Å². The van der Waals surface area contributed by atoms with Crippen LogP contribution in [0.2, 0.25) is 0 Å². The fraction of sp³-hybridized carbons (Fsp3) is 0.207. The SMILES string of the molecule is Fc1ccc(-c2nc3cc(CN4CCCC4)ccn3c2-c2ccnc(NCc3ccccc3)n2)cc1. The van der Waals surface area contributed by atoms with E-state index in [2.05, 4.69) is 50.1 Å². The number of imidazole rings is 1. The number of nitrogens with zero attached hydrogens (tertiary/aromatic N) is 5. The maximum absolute atomic E-state index is 13.7. The molecular formula is C29H27FN6. The number of halogens is 1. The van der Waals surface area contributed by atoms with E-state index >= 15 is 0 Å². The molecule has 4 heterocycles. The average molecular weight is 479 g/mol. The van der Waals surface area contributed by atoms with Crippen molar-refractivity contribution in [3.63, 3.8) is 0 Å². The number of aromatic nitrogens is 4. The zero-order valence-corrected chi connectivity index (χ0v) is 19.9. The molecule has 2 aromatic carbocycles. The van der Waals surface area contributed by atoms with E-state index in [1.54, 1.807) is 18.3 Å². The molecule has 0 radical (unpaired) electrons. The molecule has 7 heteroatoms. The zero-order chi connectivity index (χ0) is 24.3. The molecule has 0 aliphatic carbocycles. The predicted molar refractivity (Wildman–Crippen MR) is 140 cm³/mol. The lowest BCUT2D eigenvalue weighted by Crippen LogP contribution is -2.18. The van der Waals surface area contributed by atoms with E-state index in [-0.39, 0.29) is 5.82 Å². The molecule has 1 saturated heterocycles. The first kappa shape index (κ1) is 22.4. The second kappa shape index (κ2) is 9.87. The monoisotopic (exact) mass is 478 g/mol. The zero-order valence-electron chi connectivity index (χ0n) is 19.9. The van der Waals surface area contributed by atoms with Crippen molar-refractivity contribution < 1.29 is 4.39 Å². The number of likely N-dealkylation sites (tertiary alicyclic amines) is 1. The highest BCUT2D eigenvalue weighted by molar-refractivity contribution is 5.80. The van der Waals surface area contributed by atoms with Crippen molar-refractivity contribution in [2.24, 2.45) is 0 Å². The summed E-state index contributed by atoms with van der Waals surface area (Å²) >= 11 is 0. The van der Waals surface area contributed by atoms with Gasteiger partial charge in [-0.25, -0.2) is 19.3 Å². The van der Waals surface area contributed by atoms with Gasteiger partial charge in [0.1, 0.15) is 11.5 Å². The second-order valence-corrected chi connectivity index (χ2v) is 9.17. The third kappa shape index (κ3) is 4.70. The van der Waals surface area contributed by atoms with Gasteiger partial charge < -0.3 is 5.32 Å². The van der Waals surface area contributed by atoms with Gasteiger partial charge in [0, 0.05) is 31.0 Å². The topological polar surface area (TPSA) is 58.4 Å². The van der Waals surface area contributed by atoms with Gasteiger partial charge in [0.05, 0.1) is 17.1 Å². The molecule has 0 spiro atoms. The Morgan fingerprint density at radius 1 is 0.861 bits per heavy atom. The van der Waals surface area contributed by atoms with Crippen LogP contribution in [0.25, 0.3) is 28.3 Å². The molecule has 5 aromatic rings. The molecular weight excluding hydrogens is 451 g/mol. The summed E-state index contributed by atoms with van der Waals surface area (Å²) in [4.78, 5) is 16.7. The van der Waals surface area contributed by atoms with Crippen molar-refractivity contribution in [1.29, 1.82) is 0 Å². The van der Waals surface area contributed by atoms with Crippen LogP contribution in [0, 0.1) is 5.82 Å². The fourth-order valence-electron chi connectivity index (χ4n) is 4.79. The highest BCUT2D eigenvalue weighted by atomic mass is 19.1. The number of benzene rings is 2. The summed E-state index contributed by atoms with van der Waals surface area (Å²) in [6.45, 7) is 3.84. The molecule has 3 aromatic heterocycles. The predicted octanol–water partition coefficient (Wildman–Crippen LogP) is 5.81. The summed E-state index contributed by atoms with van der Waals surface area (Å²) < 4.78 is 15.8. The number of pyridine rings is 1. The number of nitrogens with one attached hydrogen (secondary N) is 1. The third-order valence-corrected chi connectivity index (χ3v) is 6.60. The van der Waals surface area contributed by atoms with Crippen molar-refractivity contribution >= 4 is 11.6 Å². The van der Waals surface area contributed by atoms with Gasteiger partial charge in [0.25, 0.3) is 0 Å². The van der Waals surface area contributed by atoms with Crippen molar-refractivity contribution in [2.75, 3.05) is 18.4 Å². The molecule has 1 N–H and O–H groups in total. The average Bonchev–Trinajstić information content (AvgIpc) is 3.56. The maximum Gasteiger partial charge on any atom is 0.223 e. The van der Waals surface area contributed by atoms with Gasteiger partial charge in [-0.1, -0.05) is 30.3 Å². The van der Waals surface area contributed by atoms with Gasteiger partial charge in [-0.05, 0) is 79.5 Å². The van der Waals surface area contributed by atoms with E-state index in [1.807, 2.05) is 24.3 Å². The van der Waals surface area contributed by atoms with Crippen molar-refractivity contribution in [1.82, 2.24) is 24.3 Å². The minimum Gasteiger partial charge on any atom is -0.350 e. The summed E-state index contributed by atoms with van der Waals surface area (Å²) in [5, 5.41) is 3.32. The molecule has 36 heavy (non-hydrogen) atoms. The third-order valence-electron chi connectivity index (χ3n) is 6.60. The smallest absolute Gasteiger partial charge is 0.223 e. The van der Waals surface area contributed by atoms with Crippen molar-refractivity contribution in [2.45, 2.75) is 25.9 Å². The van der Waals surface area contributed by atoms with E-state index in [1.165, 1.54) is 30.5 Å². The van der Waals surface area contributed by atoms with Crippen LogP contribution >= 0.6 is 0 Å². The molecule has 0 saturated carbocycles. The number of anilines is 1. The van der Waals surface area contributed by atoms with Gasteiger partial charge in [0.2, 0.25) is 5.95 Å². The highest BCUT2D eigenvalue weighted by Crippen LogP contribution is 2.32. The number of hydrogen-bond donors (Lipinski definition) is 1. The van der Waals surface area contributed by atoms with Crippen LogP contribution in [0.15, 0.2) is 85.2 Å². The summed E-state index contributed by atoms with van der Waals surface area (Å²) in [5.41, 5.74) is 6.44.